The Balaban J connectivity index is 2.19. The van der Waals surface area contributed by atoms with Crippen molar-refractivity contribution in [3.8, 4) is 0 Å². The molecular formula is C16H25ClN2. The molecule has 0 bridgehead atoms. The van der Waals surface area contributed by atoms with Crippen LogP contribution in [0.5, 0.6) is 0 Å². The zero-order valence-electron chi connectivity index (χ0n) is 12.2. The summed E-state index contributed by atoms with van der Waals surface area (Å²) in [5.41, 5.74) is 2.67. The minimum Gasteiger partial charge on any atom is -0.371 e. The summed E-state index contributed by atoms with van der Waals surface area (Å²) in [5.74, 6) is 1.58. The average molecular weight is 281 g/mol. The highest BCUT2D eigenvalue weighted by Crippen LogP contribution is 2.31. The molecular weight excluding hydrogens is 256 g/mol. The van der Waals surface area contributed by atoms with Crippen molar-refractivity contribution in [1.82, 2.24) is 5.32 Å². The van der Waals surface area contributed by atoms with Gasteiger partial charge in [0, 0.05) is 30.3 Å². The number of rotatable bonds is 4. The Morgan fingerprint density at radius 2 is 2.11 bits per heavy atom. The van der Waals surface area contributed by atoms with Gasteiger partial charge in [-0.2, -0.15) is 0 Å². The number of anilines is 1. The first kappa shape index (κ1) is 14.7. The van der Waals surface area contributed by atoms with Crippen LogP contribution in [-0.2, 0) is 6.54 Å². The molecule has 1 fully saturated rings. The van der Waals surface area contributed by atoms with Crippen molar-refractivity contribution in [2.75, 3.05) is 24.5 Å². The Morgan fingerprint density at radius 1 is 1.32 bits per heavy atom. The standard InChI is InChI=1S/C16H25ClN2/c1-4-18-10-14-5-6-15(17)9-16(14)19-8-7-12(2)13(3)11-19/h5-6,9,12-13,18H,4,7-8,10-11H2,1-3H3. The minimum absolute atomic E-state index is 0.750. The van der Waals surface area contributed by atoms with E-state index in [4.69, 9.17) is 11.6 Å². The fourth-order valence-electron chi connectivity index (χ4n) is 2.72. The van der Waals surface area contributed by atoms with Crippen LogP contribution in [0.15, 0.2) is 18.2 Å². The van der Waals surface area contributed by atoms with Gasteiger partial charge in [-0.3, -0.25) is 0 Å². The summed E-state index contributed by atoms with van der Waals surface area (Å²) >= 11 is 6.19. The Kier molecular flexibility index (Phi) is 5.12. The second kappa shape index (κ2) is 6.62. The predicted molar refractivity (Wildman–Crippen MR) is 84.0 cm³/mol. The second-order valence-electron chi connectivity index (χ2n) is 5.74. The van der Waals surface area contributed by atoms with Crippen LogP contribution in [0.3, 0.4) is 0 Å². The first-order valence-corrected chi connectivity index (χ1v) is 7.73. The van der Waals surface area contributed by atoms with E-state index in [1.54, 1.807) is 0 Å². The monoisotopic (exact) mass is 280 g/mol. The van der Waals surface area contributed by atoms with E-state index in [1.165, 1.54) is 17.7 Å². The predicted octanol–water partition coefficient (Wildman–Crippen LogP) is 3.93. The van der Waals surface area contributed by atoms with Gasteiger partial charge in [0.15, 0.2) is 0 Å². The lowest BCUT2D eigenvalue weighted by molar-refractivity contribution is 0.323. The quantitative estimate of drug-likeness (QED) is 0.899. The minimum atomic E-state index is 0.750. The molecule has 1 aliphatic rings. The average Bonchev–Trinajstić information content (AvgIpc) is 2.40. The van der Waals surface area contributed by atoms with Gasteiger partial charge in [-0.15, -0.1) is 0 Å². The van der Waals surface area contributed by atoms with Gasteiger partial charge in [-0.25, -0.2) is 0 Å². The molecule has 0 radical (unpaired) electrons. The molecule has 1 aromatic carbocycles. The first-order chi connectivity index (χ1) is 9.11. The lowest BCUT2D eigenvalue weighted by Crippen LogP contribution is -2.39. The molecule has 1 aliphatic heterocycles. The Morgan fingerprint density at radius 3 is 2.79 bits per heavy atom. The normalized spacial score (nSPS) is 23.7. The molecule has 2 atom stereocenters. The molecule has 1 heterocycles. The molecule has 106 valence electrons. The smallest absolute Gasteiger partial charge is 0.0426 e. The lowest BCUT2D eigenvalue weighted by atomic mass is 9.88. The first-order valence-electron chi connectivity index (χ1n) is 7.36. The van der Waals surface area contributed by atoms with Gasteiger partial charge < -0.3 is 10.2 Å². The third kappa shape index (κ3) is 3.64. The lowest BCUT2D eigenvalue weighted by Gasteiger charge is -2.38. The largest absolute Gasteiger partial charge is 0.371 e. The van der Waals surface area contributed by atoms with Crippen LogP contribution in [0.1, 0.15) is 32.8 Å². The Bertz CT molecular complexity index is 419. The summed E-state index contributed by atoms with van der Waals surface area (Å²) in [6.45, 7) is 11.1. The zero-order chi connectivity index (χ0) is 13.8. The molecule has 1 N–H and O–H groups in total. The summed E-state index contributed by atoms with van der Waals surface area (Å²) < 4.78 is 0. The van der Waals surface area contributed by atoms with Crippen LogP contribution in [-0.4, -0.2) is 19.6 Å². The van der Waals surface area contributed by atoms with Crippen molar-refractivity contribution >= 4 is 17.3 Å². The van der Waals surface area contributed by atoms with Crippen molar-refractivity contribution in [3.63, 3.8) is 0 Å². The highest BCUT2D eigenvalue weighted by atomic mass is 35.5. The number of piperidine rings is 1. The highest BCUT2D eigenvalue weighted by molar-refractivity contribution is 6.30. The number of benzene rings is 1. The van der Waals surface area contributed by atoms with Crippen LogP contribution in [0.25, 0.3) is 0 Å². The molecule has 1 saturated heterocycles. The topological polar surface area (TPSA) is 15.3 Å². The van der Waals surface area contributed by atoms with Gasteiger partial charge in [0.1, 0.15) is 0 Å². The van der Waals surface area contributed by atoms with Crippen LogP contribution in [0.4, 0.5) is 5.69 Å². The van der Waals surface area contributed by atoms with Gasteiger partial charge in [0.05, 0.1) is 0 Å². The van der Waals surface area contributed by atoms with Gasteiger partial charge in [-0.1, -0.05) is 38.4 Å². The number of hydrogen-bond donors (Lipinski definition) is 1. The fraction of sp³-hybridized carbons (Fsp3) is 0.625. The van der Waals surface area contributed by atoms with E-state index in [0.29, 0.717) is 0 Å². The molecule has 0 aliphatic carbocycles. The van der Waals surface area contributed by atoms with E-state index < -0.39 is 0 Å². The molecule has 0 spiro atoms. The molecule has 3 heteroatoms. The molecule has 0 aromatic heterocycles. The van der Waals surface area contributed by atoms with Crippen molar-refractivity contribution in [1.29, 1.82) is 0 Å². The van der Waals surface area contributed by atoms with Crippen LogP contribution >= 0.6 is 11.6 Å². The van der Waals surface area contributed by atoms with E-state index in [2.05, 4.69) is 43.1 Å². The SMILES string of the molecule is CCNCc1ccc(Cl)cc1N1CCC(C)C(C)C1. The summed E-state index contributed by atoms with van der Waals surface area (Å²) in [6.07, 6.45) is 1.27. The molecule has 1 aromatic rings. The highest BCUT2D eigenvalue weighted by Gasteiger charge is 2.24. The van der Waals surface area contributed by atoms with E-state index in [9.17, 15) is 0 Å². The van der Waals surface area contributed by atoms with Crippen molar-refractivity contribution in [2.45, 2.75) is 33.7 Å². The van der Waals surface area contributed by atoms with E-state index in [1.807, 2.05) is 6.07 Å². The van der Waals surface area contributed by atoms with Crippen molar-refractivity contribution in [3.05, 3.63) is 28.8 Å². The third-order valence-corrected chi connectivity index (χ3v) is 4.52. The maximum atomic E-state index is 6.19. The molecule has 2 nitrogen and oxygen atoms in total. The third-order valence-electron chi connectivity index (χ3n) is 4.29. The Labute approximate surface area is 122 Å². The van der Waals surface area contributed by atoms with Crippen molar-refractivity contribution in [2.24, 2.45) is 11.8 Å². The molecule has 2 rings (SSSR count). The molecule has 19 heavy (non-hydrogen) atoms. The van der Waals surface area contributed by atoms with Crippen LogP contribution in [0.2, 0.25) is 5.02 Å². The summed E-state index contributed by atoms with van der Waals surface area (Å²) in [4.78, 5) is 2.50. The summed E-state index contributed by atoms with van der Waals surface area (Å²) in [7, 11) is 0. The van der Waals surface area contributed by atoms with Gasteiger partial charge in [0.2, 0.25) is 0 Å². The second-order valence-corrected chi connectivity index (χ2v) is 6.18. The van der Waals surface area contributed by atoms with Crippen LogP contribution in [0, 0.1) is 11.8 Å². The van der Waals surface area contributed by atoms with Gasteiger partial charge >= 0.3 is 0 Å². The number of hydrogen-bond acceptors (Lipinski definition) is 2. The molecule has 0 amide bonds. The van der Waals surface area contributed by atoms with E-state index >= 15 is 0 Å². The fourth-order valence-corrected chi connectivity index (χ4v) is 2.89. The molecule has 0 saturated carbocycles. The van der Waals surface area contributed by atoms with E-state index in [0.717, 1.165) is 43.0 Å². The summed E-state index contributed by atoms with van der Waals surface area (Å²) in [5, 5.41) is 4.25. The molecule has 2 unspecified atom stereocenters. The van der Waals surface area contributed by atoms with Gasteiger partial charge in [-0.05, 0) is 42.5 Å². The summed E-state index contributed by atoms with van der Waals surface area (Å²) in [6, 6.07) is 6.27. The van der Waals surface area contributed by atoms with Crippen molar-refractivity contribution < 1.29 is 0 Å². The number of nitrogens with one attached hydrogen (secondary N) is 1. The van der Waals surface area contributed by atoms with E-state index in [-0.39, 0.29) is 0 Å². The number of nitrogens with zero attached hydrogens (tertiary/aromatic N) is 1. The van der Waals surface area contributed by atoms with Gasteiger partial charge in [0.25, 0.3) is 0 Å². The van der Waals surface area contributed by atoms with Crippen LogP contribution < -0.4 is 10.2 Å². The maximum Gasteiger partial charge on any atom is 0.0426 e. The number of halogens is 1. The zero-order valence-corrected chi connectivity index (χ0v) is 13.0. The Hall–Kier alpha value is -0.730. The maximum absolute atomic E-state index is 6.19.